The Morgan fingerprint density at radius 1 is 0.769 bits per heavy atom. The maximum absolute atomic E-state index is 12.1. The number of rotatable bonds is 27. The van der Waals surface area contributed by atoms with Crippen LogP contribution >= 0.6 is 0 Å². The summed E-state index contributed by atoms with van der Waals surface area (Å²) in [6, 6.07) is -1.50. The van der Waals surface area contributed by atoms with E-state index in [1.807, 2.05) is 0 Å². The van der Waals surface area contributed by atoms with Gasteiger partial charge in [0.15, 0.2) is 0 Å². The average molecular weight is 558 g/mol. The van der Waals surface area contributed by atoms with E-state index in [1.165, 1.54) is 13.3 Å². The zero-order chi connectivity index (χ0) is 29.3. The first-order chi connectivity index (χ1) is 18.7. The third-order valence-electron chi connectivity index (χ3n) is 6.24. The van der Waals surface area contributed by atoms with Crippen molar-refractivity contribution in [1.29, 1.82) is 0 Å². The van der Waals surface area contributed by atoms with Crippen LogP contribution in [0.3, 0.4) is 0 Å². The fourth-order valence-electron chi connectivity index (χ4n) is 3.75. The van der Waals surface area contributed by atoms with Crippen LogP contribution in [0, 0.1) is 0 Å². The molecule has 1 unspecified atom stereocenters. The Kier molecular flexibility index (Phi) is 23.2. The molecule has 226 valence electrons. The van der Waals surface area contributed by atoms with Gasteiger partial charge in [0.1, 0.15) is 24.2 Å². The highest BCUT2D eigenvalue weighted by Crippen LogP contribution is 2.08. The van der Waals surface area contributed by atoms with Gasteiger partial charge in [-0.25, -0.2) is 4.79 Å². The second-order valence-corrected chi connectivity index (χ2v) is 9.88. The van der Waals surface area contributed by atoms with Gasteiger partial charge < -0.3 is 30.9 Å². The van der Waals surface area contributed by atoms with Gasteiger partial charge in [-0.1, -0.05) is 39.0 Å². The van der Waals surface area contributed by atoms with Crippen molar-refractivity contribution in [2.75, 3.05) is 33.0 Å². The zero-order valence-corrected chi connectivity index (χ0v) is 24.0. The summed E-state index contributed by atoms with van der Waals surface area (Å²) in [7, 11) is 0. The van der Waals surface area contributed by atoms with Crippen LogP contribution in [0.15, 0.2) is 0 Å². The lowest BCUT2D eigenvalue weighted by molar-refractivity contribution is -0.142. The van der Waals surface area contributed by atoms with Gasteiger partial charge in [-0.15, -0.1) is 0 Å². The number of ketones is 2. The molecule has 0 fully saturated rings. The van der Waals surface area contributed by atoms with Crippen molar-refractivity contribution in [3.8, 4) is 0 Å². The number of carboxylic acid groups (broad SMARTS) is 1. The summed E-state index contributed by atoms with van der Waals surface area (Å²) in [4.78, 5) is 58.3. The number of ether oxygens (including phenoxy) is 2. The third-order valence-corrected chi connectivity index (χ3v) is 6.24. The number of unbranched alkanes of at least 4 members (excludes halogenated alkanes) is 6. The summed E-state index contributed by atoms with van der Waals surface area (Å²) in [6.07, 6.45) is 9.56. The number of hydrogen-bond donors (Lipinski definition) is 4. The van der Waals surface area contributed by atoms with Gasteiger partial charge in [0.2, 0.25) is 11.8 Å². The highest BCUT2D eigenvalue weighted by atomic mass is 16.5. The van der Waals surface area contributed by atoms with Gasteiger partial charge in [-0.05, 0) is 45.4 Å². The van der Waals surface area contributed by atoms with Crippen LogP contribution in [0.5, 0.6) is 0 Å². The van der Waals surface area contributed by atoms with Crippen LogP contribution in [0.1, 0.15) is 104 Å². The Bertz CT molecular complexity index is 717. The quantitative estimate of drug-likeness (QED) is 0.111. The molecular formula is C28H51N3O8. The highest BCUT2D eigenvalue weighted by molar-refractivity contribution is 5.84. The fraction of sp³-hybridized carbons (Fsp3) is 0.821. The van der Waals surface area contributed by atoms with E-state index in [-0.39, 0.29) is 62.5 Å². The van der Waals surface area contributed by atoms with E-state index >= 15 is 0 Å². The van der Waals surface area contributed by atoms with Crippen molar-refractivity contribution < 1.29 is 38.6 Å². The van der Waals surface area contributed by atoms with Gasteiger partial charge in [0, 0.05) is 32.4 Å². The van der Waals surface area contributed by atoms with Crippen LogP contribution in [0.2, 0.25) is 0 Å². The summed E-state index contributed by atoms with van der Waals surface area (Å²) in [6.45, 7) is 4.91. The smallest absolute Gasteiger partial charge is 0.326 e. The minimum atomic E-state index is -1.13. The van der Waals surface area contributed by atoms with Crippen molar-refractivity contribution in [3.05, 3.63) is 0 Å². The lowest BCUT2D eigenvalue weighted by Gasteiger charge is -2.14. The van der Waals surface area contributed by atoms with Crippen LogP contribution in [0.4, 0.5) is 0 Å². The molecular weight excluding hydrogens is 506 g/mol. The van der Waals surface area contributed by atoms with Crippen molar-refractivity contribution in [2.45, 2.75) is 116 Å². The standard InChI is InChI=1S/C28H51N3O8/c1-3-4-5-6-7-8-14-26(34)31-25(28(36)37)16-15-23(33)12-11-18-38-19-20-39-21-27(35)30-17-10-9-13-24(29)22(2)32/h24-25H,3-21,29H2,1-2H3,(H,30,35)(H,31,34)(H,36,37)/t24-,25?/m0/s1. The lowest BCUT2D eigenvalue weighted by Crippen LogP contribution is -2.41. The van der Waals surface area contributed by atoms with Crippen molar-refractivity contribution in [2.24, 2.45) is 5.73 Å². The van der Waals surface area contributed by atoms with Crippen LogP contribution in [0.25, 0.3) is 0 Å². The van der Waals surface area contributed by atoms with Gasteiger partial charge in [-0.3, -0.25) is 19.2 Å². The van der Waals surface area contributed by atoms with Gasteiger partial charge in [0.05, 0.1) is 19.3 Å². The first kappa shape index (κ1) is 36.6. The molecule has 5 N–H and O–H groups in total. The van der Waals surface area contributed by atoms with Crippen LogP contribution in [-0.4, -0.2) is 79.5 Å². The second kappa shape index (κ2) is 24.7. The molecule has 0 aliphatic rings. The number of carbonyl (C=O) groups excluding carboxylic acids is 4. The Balaban J connectivity index is 3.75. The summed E-state index contributed by atoms with van der Waals surface area (Å²) in [5, 5.41) is 14.6. The van der Waals surface area contributed by atoms with Gasteiger partial charge in [0.25, 0.3) is 0 Å². The van der Waals surface area contributed by atoms with E-state index in [9.17, 15) is 29.1 Å². The van der Waals surface area contributed by atoms with Crippen LogP contribution < -0.4 is 16.4 Å². The van der Waals surface area contributed by atoms with E-state index in [1.54, 1.807) is 0 Å². The largest absolute Gasteiger partial charge is 0.480 e. The molecule has 0 radical (unpaired) electrons. The van der Waals surface area contributed by atoms with Gasteiger partial charge >= 0.3 is 5.97 Å². The first-order valence-electron chi connectivity index (χ1n) is 14.4. The molecule has 39 heavy (non-hydrogen) atoms. The Morgan fingerprint density at radius 2 is 1.46 bits per heavy atom. The van der Waals surface area contributed by atoms with E-state index < -0.39 is 18.1 Å². The predicted molar refractivity (Wildman–Crippen MR) is 148 cm³/mol. The molecule has 0 saturated heterocycles. The van der Waals surface area contributed by atoms with Crippen molar-refractivity contribution in [1.82, 2.24) is 10.6 Å². The molecule has 2 atom stereocenters. The molecule has 11 nitrogen and oxygen atoms in total. The first-order valence-corrected chi connectivity index (χ1v) is 14.4. The monoisotopic (exact) mass is 557 g/mol. The molecule has 2 amide bonds. The summed E-state index contributed by atoms with van der Waals surface area (Å²) in [5.41, 5.74) is 5.65. The molecule has 0 aromatic rings. The third kappa shape index (κ3) is 23.3. The Labute approximate surface area is 233 Å². The summed E-state index contributed by atoms with van der Waals surface area (Å²) in [5.74, 6) is -1.76. The van der Waals surface area contributed by atoms with E-state index in [0.717, 1.165) is 44.9 Å². The zero-order valence-electron chi connectivity index (χ0n) is 24.0. The molecule has 0 aromatic heterocycles. The SMILES string of the molecule is CCCCCCCCC(=O)NC(CCC(=O)CCCOCCOCC(=O)NCCCC[C@H](N)C(C)=O)C(=O)O. The molecule has 0 rings (SSSR count). The lowest BCUT2D eigenvalue weighted by atomic mass is 10.1. The number of nitrogens with two attached hydrogens (primary N) is 1. The normalized spacial score (nSPS) is 12.5. The topological polar surface area (TPSA) is 174 Å². The summed E-state index contributed by atoms with van der Waals surface area (Å²) >= 11 is 0. The Morgan fingerprint density at radius 3 is 2.15 bits per heavy atom. The van der Waals surface area contributed by atoms with Gasteiger partial charge in [-0.2, -0.15) is 0 Å². The van der Waals surface area contributed by atoms with E-state index in [4.69, 9.17) is 15.2 Å². The molecule has 11 heteroatoms. The van der Waals surface area contributed by atoms with Crippen molar-refractivity contribution in [3.63, 3.8) is 0 Å². The maximum Gasteiger partial charge on any atom is 0.326 e. The number of amides is 2. The molecule has 0 aliphatic heterocycles. The summed E-state index contributed by atoms with van der Waals surface area (Å²) < 4.78 is 10.7. The number of nitrogens with one attached hydrogen (secondary N) is 2. The number of Topliss-reactive ketones (excluding diaryl/α,β-unsaturated/α-hetero) is 2. The average Bonchev–Trinajstić information content (AvgIpc) is 2.89. The van der Waals surface area contributed by atoms with Crippen molar-refractivity contribution >= 4 is 29.4 Å². The number of hydrogen-bond acceptors (Lipinski definition) is 8. The van der Waals surface area contributed by atoms with E-state index in [2.05, 4.69) is 17.6 Å². The molecule has 0 saturated carbocycles. The minimum Gasteiger partial charge on any atom is -0.480 e. The number of aliphatic carboxylic acids is 1. The highest BCUT2D eigenvalue weighted by Gasteiger charge is 2.20. The maximum atomic E-state index is 12.1. The minimum absolute atomic E-state index is 0.0361. The van der Waals surface area contributed by atoms with E-state index in [0.29, 0.717) is 32.4 Å². The molecule has 0 aromatic carbocycles. The van der Waals surface area contributed by atoms with Crippen LogP contribution in [-0.2, 0) is 33.4 Å². The molecule has 0 bridgehead atoms. The molecule has 0 heterocycles. The fourth-order valence-corrected chi connectivity index (χ4v) is 3.75. The molecule has 0 aliphatic carbocycles. The second-order valence-electron chi connectivity index (χ2n) is 9.88. The Hall–Kier alpha value is -2.37. The predicted octanol–water partition coefficient (Wildman–Crippen LogP) is 2.67. The molecule has 0 spiro atoms. The number of carboxylic acids is 1. The number of carbonyl (C=O) groups is 5.